The molecular weight excluding hydrogens is 326 g/mol. The molecular formula is C14H17BrClN3. The van der Waals surface area contributed by atoms with Crippen molar-refractivity contribution in [3.8, 4) is 0 Å². The molecule has 0 atom stereocenters. The molecule has 0 radical (unpaired) electrons. The maximum atomic E-state index is 6.25. The number of nitrogens with zero attached hydrogens (tertiary/aromatic N) is 2. The van der Waals surface area contributed by atoms with Gasteiger partial charge in [-0.2, -0.15) is 5.10 Å². The van der Waals surface area contributed by atoms with Gasteiger partial charge in [0.15, 0.2) is 0 Å². The van der Waals surface area contributed by atoms with Gasteiger partial charge < -0.3 is 5.32 Å². The van der Waals surface area contributed by atoms with E-state index in [4.69, 9.17) is 11.6 Å². The van der Waals surface area contributed by atoms with E-state index in [2.05, 4.69) is 52.3 Å². The van der Waals surface area contributed by atoms with Crippen LogP contribution in [0.25, 0.3) is 0 Å². The Bertz CT molecular complexity index is 596. The van der Waals surface area contributed by atoms with Gasteiger partial charge >= 0.3 is 0 Å². The summed E-state index contributed by atoms with van der Waals surface area (Å²) < 4.78 is 2.89. The Balaban J connectivity index is 2.24. The van der Waals surface area contributed by atoms with Crippen molar-refractivity contribution >= 4 is 33.2 Å². The van der Waals surface area contributed by atoms with Crippen molar-refractivity contribution in [2.24, 2.45) is 7.05 Å². The summed E-state index contributed by atoms with van der Waals surface area (Å²) in [6, 6.07) is 4.26. The first-order valence-corrected chi connectivity index (χ1v) is 7.26. The van der Waals surface area contributed by atoms with Crippen LogP contribution in [-0.2, 0) is 13.6 Å². The predicted molar refractivity (Wildman–Crippen MR) is 83.9 cm³/mol. The van der Waals surface area contributed by atoms with Gasteiger partial charge in [-0.3, -0.25) is 4.68 Å². The molecule has 3 nitrogen and oxygen atoms in total. The SMILES string of the molecule is Cc1cc(C)c(NCc2c(Cl)c(C)nn2C)c(Br)c1. The molecule has 0 saturated carbocycles. The smallest absolute Gasteiger partial charge is 0.0865 e. The van der Waals surface area contributed by atoms with E-state index in [0.717, 1.165) is 26.6 Å². The Morgan fingerprint density at radius 2 is 2.00 bits per heavy atom. The minimum absolute atomic E-state index is 0.651. The zero-order valence-corrected chi connectivity index (χ0v) is 13.9. The summed E-state index contributed by atoms with van der Waals surface area (Å²) in [4.78, 5) is 0. The average molecular weight is 343 g/mol. The molecule has 1 heterocycles. The first kappa shape index (κ1) is 14.4. The second-order valence-corrected chi connectivity index (χ2v) is 5.99. The molecule has 0 aliphatic heterocycles. The van der Waals surface area contributed by atoms with Crippen molar-refractivity contribution in [2.45, 2.75) is 27.3 Å². The summed E-state index contributed by atoms with van der Waals surface area (Å²) in [7, 11) is 1.91. The number of hydrogen-bond acceptors (Lipinski definition) is 2. The molecule has 1 aromatic heterocycles. The molecule has 1 aromatic carbocycles. The van der Waals surface area contributed by atoms with Crippen LogP contribution in [0.3, 0.4) is 0 Å². The van der Waals surface area contributed by atoms with Gasteiger partial charge in [-0.05, 0) is 53.9 Å². The van der Waals surface area contributed by atoms with Crippen LogP contribution >= 0.6 is 27.5 Å². The molecule has 0 aliphatic rings. The normalized spacial score (nSPS) is 10.8. The highest BCUT2D eigenvalue weighted by Gasteiger charge is 2.12. The van der Waals surface area contributed by atoms with Gasteiger partial charge in [-0.15, -0.1) is 0 Å². The quantitative estimate of drug-likeness (QED) is 0.897. The molecule has 0 aliphatic carbocycles. The Hall–Kier alpha value is -1.00. The molecule has 102 valence electrons. The highest BCUT2D eigenvalue weighted by molar-refractivity contribution is 9.10. The lowest BCUT2D eigenvalue weighted by Crippen LogP contribution is -2.07. The number of rotatable bonds is 3. The molecule has 5 heteroatoms. The molecule has 0 amide bonds. The Labute approximate surface area is 127 Å². The first-order chi connectivity index (χ1) is 8.90. The summed E-state index contributed by atoms with van der Waals surface area (Å²) in [6.07, 6.45) is 0. The number of nitrogens with one attached hydrogen (secondary N) is 1. The zero-order valence-electron chi connectivity index (χ0n) is 11.5. The summed E-state index contributed by atoms with van der Waals surface area (Å²) in [5.74, 6) is 0. The average Bonchev–Trinajstić information content (AvgIpc) is 2.53. The fourth-order valence-corrected chi connectivity index (χ4v) is 3.22. The van der Waals surface area contributed by atoms with Gasteiger partial charge in [0.25, 0.3) is 0 Å². The standard InChI is InChI=1S/C14H17BrClN3/c1-8-5-9(2)14(11(15)6-8)17-7-12-13(16)10(3)18-19(12)4/h5-6,17H,7H2,1-4H3. The summed E-state index contributed by atoms with van der Waals surface area (Å²) in [6.45, 7) is 6.75. The number of hydrogen-bond donors (Lipinski definition) is 1. The molecule has 0 spiro atoms. The second kappa shape index (κ2) is 5.55. The van der Waals surface area contributed by atoms with Crippen molar-refractivity contribution in [3.05, 3.63) is 44.1 Å². The largest absolute Gasteiger partial charge is 0.378 e. The minimum Gasteiger partial charge on any atom is -0.378 e. The molecule has 0 fully saturated rings. The van der Waals surface area contributed by atoms with E-state index >= 15 is 0 Å². The Morgan fingerprint density at radius 3 is 2.53 bits per heavy atom. The van der Waals surface area contributed by atoms with Gasteiger partial charge in [-0.25, -0.2) is 0 Å². The molecule has 19 heavy (non-hydrogen) atoms. The van der Waals surface area contributed by atoms with Gasteiger partial charge in [-0.1, -0.05) is 17.7 Å². The molecule has 2 aromatic rings. The van der Waals surface area contributed by atoms with Gasteiger partial charge in [0.2, 0.25) is 0 Å². The molecule has 0 saturated heterocycles. The first-order valence-electron chi connectivity index (χ1n) is 6.08. The van der Waals surface area contributed by atoms with Crippen LogP contribution in [0.2, 0.25) is 5.02 Å². The highest BCUT2D eigenvalue weighted by atomic mass is 79.9. The number of benzene rings is 1. The second-order valence-electron chi connectivity index (χ2n) is 4.76. The van der Waals surface area contributed by atoms with Crippen LogP contribution in [0.5, 0.6) is 0 Å². The van der Waals surface area contributed by atoms with E-state index in [-0.39, 0.29) is 0 Å². The Morgan fingerprint density at radius 1 is 1.32 bits per heavy atom. The van der Waals surface area contributed by atoms with E-state index in [0.29, 0.717) is 6.54 Å². The third-order valence-electron chi connectivity index (χ3n) is 3.13. The highest BCUT2D eigenvalue weighted by Crippen LogP contribution is 2.29. The summed E-state index contributed by atoms with van der Waals surface area (Å²) in [5, 5.41) is 8.47. The van der Waals surface area contributed by atoms with Gasteiger partial charge in [0.05, 0.1) is 28.6 Å². The maximum Gasteiger partial charge on any atom is 0.0865 e. The third-order valence-corrected chi connectivity index (χ3v) is 4.24. The monoisotopic (exact) mass is 341 g/mol. The maximum absolute atomic E-state index is 6.25. The zero-order chi connectivity index (χ0) is 14.2. The molecule has 0 bridgehead atoms. The van der Waals surface area contributed by atoms with Crippen molar-refractivity contribution in [3.63, 3.8) is 0 Å². The van der Waals surface area contributed by atoms with Crippen molar-refractivity contribution in [2.75, 3.05) is 5.32 Å². The number of anilines is 1. The van der Waals surface area contributed by atoms with E-state index in [1.54, 1.807) is 0 Å². The lowest BCUT2D eigenvalue weighted by molar-refractivity contribution is 0.713. The van der Waals surface area contributed by atoms with Gasteiger partial charge in [0.1, 0.15) is 0 Å². The van der Waals surface area contributed by atoms with Crippen molar-refractivity contribution in [1.82, 2.24) is 9.78 Å². The molecule has 0 unspecified atom stereocenters. The third kappa shape index (κ3) is 2.95. The lowest BCUT2D eigenvalue weighted by atomic mass is 10.1. The molecule has 2 rings (SSSR count). The number of aryl methyl sites for hydroxylation is 4. The lowest BCUT2D eigenvalue weighted by Gasteiger charge is -2.13. The van der Waals surface area contributed by atoms with Crippen LogP contribution in [0.1, 0.15) is 22.5 Å². The van der Waals surface area contributed by atoms with Crippen LogP contribution in [0, 0.1) is 20.8 Å². The minimum atomic E-state index is 0.651. The topological polar surface area (TPSA) is 29.9 Å². The van der Waals surface area contributed by atoms with E-state index in [1.165, 1.54) is 11.1 Å². The number of halogens is 2. The summed E-state index contributed by atoms with van der Waals surface area (Å²) >= 11 is 9.85. The van der Waals surface area contributed by atoms with Crippen LogP contribution in [0.4, 0.5) is 5.69 Å². The van der Waals surface area contributed by atoms with E-state index < -0.39 is 0 Å². The van der Waals surface area contributed by atoms with Crippen LogP contribution < -0.4 is 5.32 Å². The van der Waals surface area contributed by atoms with E-state index in [1.807, 2.05) is 18.7 Å². The number of aromatic nitrogens is 2. The summed E-state index contributed by atoms with van der Waals surface area (Å²) in [5.41, 5.74) is 5.40. The van der Waals surface area contributed by atoms with Crippen LogP contribution in [0.15, 0.2) is 16.6 Å². The van der Waals surface area contributed by atoms with Crippen molar-refractivity contribution in [1.29, 1.82) is 0 Å². The fraction of sp³-hybridized carbons (Fsp3) is 0.357. The predicted octanol–water partition coefficient (Wildman–Crippen LogP) is 4.37. The molecule has 1 N–H and O–H groups in total. The van der Waals surface area contributed by atoms with Crippen LogP contribution in [-0.4, -0.2) is 9.78 Å². The van der Waals surface area contributed by atoms with E-state index in [9.17, 15) is 0 Å². The fourth-order valence-electron chi connectivity index (χ4n) is 2.18. The van der Waals surface area contributed by atoms with Gasteiger partial charge in [0, 0.05) is 11.5 Å². The van der Waals surface area contributed by atoms with Crippen molar-refractivity contribution < 1.29 is 0 Å². The Kier molecular flexibility index (Phi) is 4.21.